The Kier molecular flexibility index (Phi) is 9.69. The second-order valence-electron chi connectivity index (χ2n) is 8.82. The number of nitrogens with one attached hydrogen (secondary N) is 1. The van der Waals surface area contributed by atoms with Crippen molar-refractivity contribution in [2.45, 2.75) is 40.0 Å². The summed E-state index contributed by atoms with van der Waals surface area (Å²) in [6.45, 7) is 7.41. The summed E-state index contributed by atoms with van der Waals surface area (Å²) in [5.74, 6) is 4.98. The number of allylic oxidation sites excluding steroid dienone is 1. The first kappa shape index (κ1) is 28.0. The number of aryl methyl sites for hydroxylation is 2. The number of nitrogen functional groups attached to an aromatic ring is 1. The number of nitrogens with zero attached hydrogens (tertiary/aromatic N) is 3. The van der Waals surface area contributed by atoms with Gasteiger partial charge in [0.1, 0.15) is 23.5 Å². The van der Waals surface area contributed by atoms with Gasteiger partial charge in [0, 0.05) is 42.8 Å². The molecule has 10 heteroatoms. The lowest BCUT2D eigenvalue weighted by Gasteiger charge is -2.18. The highest BCUT2D eigenvalue weighted by molar-refractivity contribution is 5.94. The Morgan fingerprint density at radius 3 is 2.53 bits per heavy atom. The third-order valence-electron chi connectivity index (χ3n) is 6.31. The van der Waals surface area contributed by atoms with Crippen LogP contribution in [0.25, 0.3) is 10.8 Å². The van der Waals surface area contributed by atoms with Crippen molar-refractivity contribution in [3.05, 3.63) is 113 Å². The molecule has 0 radical (unpaired) electrons. The number of benzene rings is 2. The standard InChI is InChI=1S/C28H33N7O.H3NO/c1-18-13-25-24(9-11-32-28(25)31)19(2)26(18)16-33-27(30)14-23(15-29)36-20(3)22-7-5-21(6-8-22)17-35-12-4-10-34-35;1-2/h4-15,20,33H,16-17,29-30H2,1-3H3,(H2,31,32);2H,1H2/b23-15+,27-14+;. The van der Waals surface area contributed by atoms with Gasteiger partial charge in [-0.3, -0.25) is 4.68 Å². The molecule has 0 saturated carbocycles. The number of hydrogen-bond acceptors (Lipinski definition) is 9. The molecule has 0 bridgehead atoms. The normalized spacial score (nSPS) is 12.6. The highest BCUT2D eigenvalue weighted by Gasteiger charge is 2.11. The lowest BCUT2D eigenvalue weighted by molar-refractivity contribution is 0.142. The molecular weight excluding hydrogens is 480 g/mol. The SMILES string of the molecule is Cc1cc2c(N)nccc2c(C)c1CN/C(N)=C/C(=C\N)OC(C)c1ccc(Cn2cccn2)cc1.NO. The first-order valence-electron chi connectivity index (χ1n) is 12.1. The maximum Gasteiger partial charge on any atom is 0.139 e. The molecule has 4 rings (SSSR count). The maximum absolute atomic E-state index is 6.50. The zero-order valence-corrected chi connectivity index (χ0v) is 21.9. The van der Waals surface area contributed by atoms with Crippen LogP contribution in [-0.2, 0) is 17.8 Å². The van der Waals surface area contributed by atoms with Crippen LogP contribution in [0, 0.1) is 13.8 Å². The van der Waals surface area contributed by atoms with E-state index < -0.39 is 0 Å². The van der Waals surface area contributed by atoms with Crippen molar-refractivity contribution in [3.63, 3.8) is 0 Å². The van der Waals surface area contributed by atoms with Crippen molar-refractivity contribution in [3.8, 4) is 0 Å². The quantitative estimate of drug-likeness (QED) is 0.110. The van der Waals surface area contributed by atoms with Crippen LogP contribution in [0.2, 0.25) is 0 Å². The van der Waals surface area contributed by atoms with Gasteiger partial charge in [-0.25, -0.2) is 10.9 Å². The van der Waals surface area contributed by atoms with Crippen LogP contribution in [0.15, 0.2) is 84.9 Å². The number of hydrogen-bond donors (Lipinski definition) is 6. The summed E-state index contributed by atoms with van der Waals surface area (Å²) < 4.78 is 7.96. The molecule has 1 atom stereocenters. The zero-order valence-electron chi connectivity index (χ0n) is 21.9. The van der Waals surface area contributed by atoms with Gasteiger partial charge in [0.15, 0.2) is 0 Å². The lowest BCUT2D eigenvalue weighted by atomic mass is 9.96. The Morgan fingerprint density at radius 1 is 1.13 bits per heavy atom. The van der Waals surface area contributed by atoms with E-state index in [9.17, 15) is 0 Å². The number of nitrogens with two attached hydrogens (primary N) is 4. The molecule has 1 unspecified atom stereocenters. The van der Waals surface area contributed by atoms with Crippen molar-refractivity contribution < 1.29 is 9.94 Å². The summed E-state index contributed by atoms with van der Waals surface area (Å²) in [7, 11) is 0. The predicted molar refractivity (Wildman–Crippen MR) is 150 cm³/mol. The van der Waals surface area contributed by atoms with Crippen LogP contribution in [0.1, 0.15) is 40.8 Å². The van der Waals surface area contributed by atoms with E-state index in [1.165, 1.54) is 6.20 Å². The Hall–Kier alpha value is -4.54. The second-order valence-corrected chi connectivity index (χ2v) is 8.82. The zero-order chi connectivity index (χ0) is 27.7. The summed E-state index contributed by atoms with van der Waals surface area (Å²) >= 11 is 0. The molecule has 0 amide bonds. The molecule has 4 aromatic rings. The molecule has 0 fully saturated rings. The molecule has 0 saturated heterocycles. The van der Waals surface area contributed by atoms with E-state index in [2.05, 4.69) is 65.5 Å². The summed E-state index contributed by atoms with van der Waals surface area (Å²) in [6, 6.07) is 14.2. The summed E-state index contributed by atoms with van der Waals surface area (Å²) in [6.07, 6.45) is 8.37. The third-order valence-corrected chi connectivity index (χ3v) is 6.31. The van der Waals surface area contributed by atoms with Crippen LogP contribution >= 0.6 is 0 Å². The first-order valence-corrected chi connectivity index (χ1v) is 12.1. The molecule has 2 heterocycles. The number of anilines is 1. The van der Waals surface area contributed by atoms with Gasteiger partial charge < -0.3 is 32.5 Å². The molecule has 2 aromatic heterocycles. The van der Waals surface area contributed by atoms with Crippen molar-refractivity contribution in [2.24, 2.45) is 17.4 Å². The second kappa shape index (κ2) is 13.1. The number of pyridine rings is 1. The molecule has 0 spiro atoms. The van der Waals surface area contributed by atoms with E-state index in [1.807, 2.05) is 29.9 Å². The van der Waals surface area contributed by atoms with Gasteiger partial charge in [-0.2, -0.15) is 5.10 Å². The predicted octanol–water partition coefficient (Wildman–Crippen LogP) is 3.48. The van der Waals surface area contributed by atoms with Gasteiger partial charge in [0.2, 0.25) is 0 Å². The third kappa shape index (κ3) is 6.81. The van der Waals surface area contributed by atoms with Crippen molar-refractivity contribution in [1.82, 2.24) is 20.1 Å². The highest BCUT2D eigenvalue weighted by Crippen LogP contribution is 2.28. The molecular formula is C28H36N8O2. The Labute approximate surface area is 222 Å². The van der Waals surface area contributed by atoms with E-state index in [0.717, 1.165) is 45.1 Å². The fourth-order valence-electron chi connectivity index (χ4n) is 4.27. The van der Waals surface area contributed by atoms with Gasteiger partial charge in [-0.15, -0.1) is 0 Å². The Bertz CT molecular complexity index is 1400. The maximum atomic E-state index is 6.50. The van der Waals surface area contributed by atoms with Crippen LogP contribution in [0.3, 0.4) is 0 Å². The van der Waals surface area contributed by atoms with E-state index in [0.29, 0.717) is 23.9 Å². The largest absolute Gasteiger partial charge is 0.484 e. The fourth-order valence-corrected chi connectivity index (χ4v) is 4.27. The molecule has 38 heavy (non-hydrogen) atoms. The topological polar surface area (TPSA) is 176 Å². The minimum absolute atomic E-state index is 0.202. The average Bonchev–Trinajstić information content (AvgIpc) is 3.43. The minimum atomic E-state index is -0.202. The highest BCUT2D eigenvalue weighted by atomic mass is 16.5. The summed E-state index contributed by atoms with van der Waals surface area (Å²) in [4.78, 5) is 4.20. The van der Waals surface area contributed by atoms with Crippen LogP contribution in [-0.4, -0.2) is 20.0 Å². The van der Waals surface area contributed by atoms with Gasteiger partial charge in [-0.1, -0.05) is 24.3 Å². The summed E-state index contributed by atoms with van der Waals surface area (Å²) in [5.41, 5.74) is 23.8. The van der Waals surface area contributed by atoms with E-state index >= 15 is 0 Å². The number of ether oxygens (including phenoxy) is 1. The van der Waals surface area contributed by atoms with Crippen LogP contribution in [0.5, 0.6) is 0 Å². The molecule has 0 aliphatic carbocycles. The lowest BCUT2D eigenvalue weighted by Crippen LogP contribution is -2.21. The fraction of sp³-hybridized carbons (Fsp3) is 0.214. The van der Waals surface area contributed by atoms with Gasteiger partial charge >= 0.3 is 0 Å². The number of aromatic nitrogens is 3. The van der Waals surface area contributed by atoms with Crippen molar-refractivity contribution >= 4 is 16.6 Å². The van der Waals surface area contributed by atoms with Crippen LogP contribution in [0.4, 0.5) is 5.82 Å². The van der Waals surface area contributed by atoms with Crippen molar-refractivity contribution in [1.29, 1.82) is 0 Å². The average molecular weight is 517 g/mol. The minimum Gasteiger partial charge on any atom is -0.484 e. The first-order chi connectivity index (χ1) is 18.4. The van der Waals surface area contributed by atoms with Gasteiger partial charge in [0.05, 0.1) is 6.54 Å². The number of fused-ring (bicyclic) bond motifs is 1. The van der Waals surface area contributed by atoms with Gasteiger partial charge in [0.25, 0.3) is 0 Å². The molecule has 10 N–H and O–H groups in total. The number of rotatable bonds is 9. The molecule has 2 aromatic carbocycles. The van der Waals surface area contributed by atoms with E-state index in [4.69, 9.17) is 27.1 Å². The molecule has 0 aliphatic heterocycles. The van der Waals surface area contributed by atoms with Crippen molar-refractivity contribution in [2.75, 3.05) is 5.73 Å². The Balaban J connectivity index is 0.00000195. The van der Waals surface area contributed by atoms with E-state index in [1.54, 1.807) is 18.5 Å². The smallest absolute Gasteiger partial charge is 0.139 e. The Morgan fingerprint density at radius 2 is 1.87 bits per heavy atom. The van der Waals surface area contributed by atoms with Gasteiger partial charge in [-0.05, 0) is 72.2 Å². The molecule has 10 nitrogen and oxygen atoms in total. The monoisotopic (exact) mass is 516 g/mol. The molecule has 0 aliphatic rings. The van der Waals surface area contributed by atoms with E-state index in [-0.39, 0.29) is 6.10 Å². The summed E-state index contributed by atoms with van der Waals surface area (Å²) in [5, 5.41) is 16.1. The van der Waals surface area contributed by atoms with Crippen LogP contribution < -0.4 is 28.4 Å². The molecule has 200 valence electrons.